The second-order valence-corrected chi connectivity index (χ2v) is 4.65. The van der Waals surface area contributed by atoms with Gasteiger partial charge < -0.3 is 10.0 Å². The normalized spacial score (nSPS) is 10.2. The Morgan fingerprint density at radius 3 is 2.26 bits per heavy atom. The van der Waals surface area contributed by atoms with Crippen LogP contribution >= 0.6 is 0 Å². The van der Waals surface area contributed by atoms with E-state index in [0.29, 0.717) is 0 Å². The van der Waals surface area contributed by atoms with Crippen molar-refractivity contribution in [1.82, 2.24) is 0 Å². The van der Waals surface area contributed by atoms with Crippen molar-refractivity contribution in [2.45, 2.75) is 13.8 Å². The minimum absolute atomic E-state index is 0.0491. The first-order valence-corrected chi connectivity index (χ1v) is 6.19. The molecule has 2 aromatic rings. The maximum absolute atomic E-state index is 11.1. The summed E-state index contributed by atoms with van der Waals surface area (Å²) in [6, 6.07) is 15.7. The Bertz CT molecular complexity index is 576. The van der Waals surface area contributed by atoms with Gasteiger partial charge in [-0.3, -0.25) is 4.79 Å². The van der Waals surface area contributed by atoms with Crippen LogP contribution in [0.5, 0.6) is 0 Å². The molecule has 0 amide bonds. The zero-order chi connectivity index (χ0) is 13.8. The van der Waals surface area contributed by atoms with Gasteiger partial charge in [0.25, 0.3) is 0 Å². The molecule has 3 nitrogen and oxygen atoms in total. The molecule has 1 N–H and O–H groups in total. The molecular formula is C16H17NO2. The van der Waals surface area contributed by atoms with E-state index in [-0.39, 0.29) is 6.54 Å². The summed E-state index contributed by atoms with van der Waals surface area (Å²) in [6.45, 7) is 3.96. The molecule has 0 fully saturated rings. The fourth-order valence-electron chi connectivity index (χ4n) is 1.99. The Morgan fingerprint density at radius 1 is 1.00 bits per heavy atom. The molecule has 0 aliphatic heterocycles. The fraction of sp³-hybridized carbons (Fsp3) is 0.188. The summed E-state index contributed by atoms with van der Waals surface area (Å²) in [7, 11) is 0. The van der Waals surface area contributed by atoms with Crippen LogP contribution in [0, 0.1) is 13.8 Å². The van der Waals surface area contributed by atoms with Crippen LogP contribution in [0.2, 0.25) is 0 Å². The van der Waals surface area contributed by atoms with E-state index in [1.54, 1.807) is 4.90 Å². The third kappa shape index (κ3) is 3.35. The Labute approximate surface area is 113 Å². The number of hydrogen-bond donors (Lipinski definition) is 1. The Kier molecular flexibility index (Phi) is 3.85. The summed E-state index contributed by atoms with van der Waals surface area (Å²) in [5, 5.41) is 9.09. The topological polar surface area (TPSA) is 40.5 Å². The molecule has 98 valence electrons. The number of nitrogens with zero attached hydrogens (tertiary/aromatic N) is 1. The van der Waals surface area contributed by atoms with Crippen LogP contribution in [0.15, 0.2) is 48.5 Å². The van der Waals surface area contributed by atoms with Gasteiger partial charge in [0, 0.05) is 11.4 Å². The third-order valence-corrected chi connectivity index (χ3v) is 2.95. The maximum atomic E-state index is 11.1. The van der Waals surface area contributed by atoms with Crippen LogP contribution in [-0.2, 0) is 4.79 Å². The van der Waals surface area contributed by atoms with E-state index in [0.717, 1.165) is 22.5 Å². The van der Waals surface area contributed by atoms with Crippen LogP contribution in [0.3, 0.4) is 0 Å². The predicted molar refractivity (Wildman–Crippen MR) is 77.0 cm³/mol. The van der Waals surface area contributed by atoms with Crippen molar-refractivity contribution in [2.75, 3.05) is 11.4 Å². The zero-order valence-corrected chi connectivity index (χ0v) is 11.1. The van der Waals surface area contributed by atoms with Gasteiger partial charge in [0.05, 0.1) is 0 Å². The molecule has 0 saturated heterocycles. The summed E-state index contributed by atoms with van der Waals surface area (Å²) < 4.78 is 0. The Morgan fingerprint density at radius 2 is 1.68 bits per heavy atom. The predicted octanol–water partition coefficient (Wildman–Crippen LogP) is 3.53. The van der Waals surface area contributed by atoms with Gasteiger partial charge in [0.1, 0.15) is 6.54 Å². The molecule has 0 aromatic heterocycles. The van der Waals surface area contributed by atoms with Gasteiger partial charge in [-0.1, -0.05) is 29.8 Å². The largest absolute Gasteiger partial charge is 0.480 e. The molecule has 0 spiro atoms. The molecule has 0 atom stereocenters. The van der Waals surface area contributed by atoms with Crippen molar-refractivity contribution in [2.24, 2.45) is 0 Å². The molecule has 2 aromatic carbocycles. The highest BCUT2D eigenvalue weighted by Crippen LogP contribution is 2.26. The van der Waals surface area contributed by atoms with E-state index in [2.05, 4.69) is 0 Å². The number of carboxylic acid groups (broad SMARTS) is 1. The van der Waals surface area contributed by atoms with Gasteiger partial charge in [0.2, 0.25) is 0 Å². The van der Waals surface area contributed by atoms with Crippen LogP contribution in [0.25, 0.3) is 0 Å². The Hall–Kier alpha value is -2.29. The van der Waals surface area contributed by atoms with Crippen molar-refractivity contribution in [1.29, 1.82) is 0 Å². The van der Waals surface area contributed by atoms with Crippen LogP contribution in [0.4, 0.5) is 11.4 Å². The van der Waals surface area contributed by atoms with Crippen LogP contribution < -0.4 is 4.90 Å². The van der Waals surface area contributed by atoms with Gasteiger partial charge in [-0.2, -0.15) is 0 Å². The monoisotopic (exact) mass is 255 g/mol. The van der Waals surface area contributed by atoms with Crippen molar-refractivity contribution in [3.05, 3.63) is 59.7 Å². The van der Waals surface area contributed by atoms with Gasteiger partial charge in [-0.15, -0.1) is 0 Å². The molecule has 0 radical (unpaired) electrons. The molecule has 0 bridgehead atoms. The lowest BCUT2D eigenvalue weighted by Gasteiger charge is -2.23. The molecule has 0 aliphatic rings. The molecule has 2 rings (SSSR count). The summed E-state index contributed by atoms with van der Waals surface area (Å²) in [6.07, 6.45) is 0. The molecule has 19 heavy (non-hydrogen) atoms. The average molecular weight is 255 g/mol. The average Bonchev–Trinajstić information content (AvgIpc) is 2.37. The van der Waals surface area contributed by atoms with E-state index in [4.69, 9.17) is 5.11 Å². The highest BCUT2D eigenvalue weighted by Gasteiger charge is 2.12. The summed E-state index contributed by atoms with van der Waals surface area (Å²) in [4.78, 5) is 12.9. The van der Waals surface area contributed by atoms with Crippen molar-refractivity contribution in [3.8, 4) is 0 Å². The first kappa shape index (κ1) is 13.1. The lowest BCUT2D eigenvalue weighted by molar-refractivity contribution is -0.135. The smallest absolute Gasteiger partial charge is 0.323 e. The van der Waals surface area contributed by atoms with E-state index < -0.39 is 5.97 Å². The minimum Gasteiger partial charge on any atom is -0.480 e. The number of hydrogen-bond acceptors (Lipinski definition) is 2. The molecule has 0 aliphatic carbocycles. The number of benzene rings is 2. The minimum atomic E-state index is -0.845. The molecule has 3 heteroatoms. The summed E-state index contributed by atoms with van der Waals surface area (Å²) >= 11 is 0. The third-order valence-electron chi connectivity index (χ3n) is 2.95. The molecule has 0 unspecified atom stereocenters. The maximum Gasteiger partial charge on any atom is 0.323 e. The first-order valence-electron chi connectivity index (χ1n) is 6.19. The Balaban J connectivity index is 2.40. The van der Waals surface area contributed by atoms with Crippen LogP contribution in [0.1, 0.15) is 11.1 Å². The lowest BCUT2D eigenvalue weighted by Crippen LogP contribution is -2.24. The number of aliphatic carboxylic acids is 1. The number of carbonyl (C=O) groups is 1. The highest BCUT2D eigenvalue weighted by molar-refractivity contribution is 5.78. The van der Waals surface area contributed by atoms with E-state index >= 15 is 0 Å². The molecular weight excluding hydrogens is 238 g/mol. The van der Waals surface area contributed by atoms with Gasteiger partial charge >= 0.3 is 5.97 Å². The number of anilines is 2. The van der Waals surface area contributed by atoms with Gasteiger partial charge in [0.15, 0.2) is 0 Å². The second-order valence-electron chi connectivity index (χ2n) is 4.65. The summed E-state index contributed by atoms with van der Waals surface area (Å²) in [5.41, 5.74) is 4.05. The second kappa shape index (κ2) is 5.57. The zero-order valence-electron chi connectivity index (χ0n) is 11.1. The van der Waals surface area contributed by atoms with E-state index in [9.17, 15) is 4.79 Å². The summed E-state index contributed by atoms with van der Waals surface area (Å²) in [5.74, 6) is -0.845. The van der Waals surface area contributed by atoms with Gasteiger partial charge in [-0.05, 0) is 43.7 Å². The SMILES string of the molecule is Cc1ccc(N(CC(=O)O)c2cccc(C)c2)cc1. The van der Waals surface area contributed by atoms with Crippen molar-refractivity contribution in [3.63, 3.8) is 0 Å². The van der Waals surface area contributed by atoms with Crippen molar-refractivity contribution < 1.29 is 9.90 Å². The number of carboxylic acids is 1. The van der Waals surface area contributed by atoms with Gasteiger partial charge in [-0.25, -0.2) is 0 Å². The number of rotatable bonds is 4. The van der Waals surface area contributed by atoms with Crippen LogP contribution in [-0.4, -0.2) is 17.6 Å². The van der Waals surface area contributed by atoms with E-state index in [1.165, 1.54) is 0 Å². The quantitative estimate of drug-likeness (QED) is 0.908. The number of aryl methyl sites for hydroxylation is 2. The first-order chi connectivity index (χ1) is 9.06. The standard InChI is InChI=1S/C16H17NO2/c1-12-6-8-14(9-7-12)17(11-16(18)19)15-5-3-4-13(2)10-15/h3-10H,11H2,1-2H3,(H,18,19). The van der Waals surface area contributed by atoms with Crippen molar-refractivity contribution >= 4 is 17.3 Å². The molecule has 0 heterocycles. The molecule has 0 saturated carbocycles. The fourth-order valence-corrected chi connectivity index (χ4v) is 1.99. The van der Waals surface area contributed by atoms with E-state index in [1.807, 2.05) is 62.4 Å². The lowest BCUT2D eigenvalue weighted by atomic mass is 10.1. The highest BCUT2D eigenvalue weighted by atomic mass is 16.4.